The molecule has 3 rings (SSSR count). The average molecular weight is 289 g/mol. The van der Waals surface area contributed by atoms with Crippen LogP contribution in [0.3, 0.4) is 0 Å². The third-order valence-corrected chi connectivity index (χ3v) is 4.72. The van der Waals surface area contributed by atoms with Gasteiger partial charge in [0, 0.05) is 17.3 Å². The van der Waals surface area contributed by atoms with Gasteiger partial charge in [-0.15, -0.1) is 10.2 Å². The Bertz CT molecular complexity index is 727. The summed E-state index contributed by atoms with van der Waals surface area (Å²) in [5, 5.41) is 19.8. The van der Waals surface area contributed by atoms with Crippen molar-refractivity contribution in [1.82, 2.24) is 15.2 Å². The molecule has 3 aromatic rings. The van der Waals surface area contributed by atoms with E-state index in [-0.39, 0.29) is 5.75 Å². The van der Waals surface area contributed by atoms with Crippen LogP contribution < -0.4 is 0 Å². The van der Waals surface area contributed by atoms with Crippen molar-refractivity contribution in [2.75, 3.05) is 0 Å². The number of benzene rings is 1. The summed E-state index contributed by atoms with van der Waals surface area (Å²) < 4.78 is 0.961. The first-order chi connectivity index (χ1) is 9.24. The maximum absolute atomic E-state index is 9.79. The van der Waals surface area contributed by atoms with Crippen LogP contribution in [0.25, 0.3) is 10.9 Å². The van der Waals surface area contributed by atoms with E-state index in [0.29, 0.717) is 5.52 Å². The summed E-state index contributed by atoms with van der Waals surface area (Å²) in [7, 11) is 0. The van der Waals surface area contributed by atoms with Gasteiger partial charge in [-0.3, -0.25) is 4.98 Å². The molecule has 0 bridgehead atoms. The molecular weight excluding hydrogens is 278 g/mol. The van der Waals surface area contributed by atoms with Crippen molar-refractivity contribution in [1.29, 1.82) is 0 Å². The molecule has 2 heterocycles. The first-order valence-corrected chi connectivity index (χ1v) is 7.53. The van der Waals surface area contributed by atoms with E-state index >= 15 is 0 Å². The van der Waals surface area contributed by atoms with Gasteiger partial charge in [-0.05, 0) is 24.6 Å². The summed E-state index contributed by atoms with van der Waals surface area (Å²) in [6.45, 7) is 1.95. The second-order valence-corrected chi connectivity index (χ2v) is 6.42. The Morgan fingerprint density at radius 2 is 2.16 bits per heavy atom. The Hall–Kier alpha value is -1.66. The maximum Gasteiger partial charge on any atom is 0.174 e. The third-order valence-electron chi connectivity index (χ3n) is 2.70. The van der Waals surface area contributed by atoms with Gasteiger partial charge >= 0.3 is 0 Å². The summed E-state index contributed by atoms with van der Waals surface area (Å²) >= 11 is 3.24. The molecule has 0 atom stereocenters. The summed E-state index contributed by atoms with van der Waals surface area (Å²) in [6.07, 6.45) is 1.69. The number of fused-ring (bicyclic) bond motifs is 1. The highest BCUT2D eigenvalue weighted by Crippen LogP contribution is 2.31. The van der Waals surface area contributed by atoms with Gasteiger partial charge in [-0.25, -0.2) is 0 Å². The van der Waals surface area contributed by atoms with Crippen molar-refractivity contribution < 1.29 is 5.11 Å². The first kappa shape index (κ1) is 12.4. The lowest BCUT2D eigenvalue weighted by Crippen LogP contribution is -1.86. The zero-order chi connectivity index (χ0) is 13.2. The van der Waals surface area contributed by atoms with Crippen molar-refractivity contribution in [3.63, 3.8) is 0 Å². The molecule has 0 amide bonds. The molecule has 96 valence electrons. The molecule has 0 fully saturated rings. The quantitative estimate of drug-likeness (QED) is 0.749. The van der Waals surface area contributed by atoms with Gasteiger partial charge in [0.25, 0.3) is 0 Å². The van der Waals surface area contributed by atoms with Crippen LogP contribution in [0.1, 0.15) is 10.6 Å². The number of rotatable bonds is 3. The van der Waals surface area contributed by atoms with Crippen LogP contribution in [0.2, 0.25) is 0 Å². The number of hydrogen-bond acceptors (Lipinski definition) is 6. The molecule has 1 N–H and O–H groups in total. The minimum atomic E-state index is 0.219. The number of aromatic hydroxyl groups is 1. The maximum atomic E-state index is 9.79. The summed E-state index contributed by atoms with van der Waals surface area (Å²) in [6, 6.07) is 7.48. The fraction of sp³-hybridized carbons (Fsp3) is 0.154. The van der Waals surface area contributed by atoms with Crippen molar-refractivity contribution in [2.45, 2.75) is 17.0 Å². The highest BCUT2D eigenvalue weighted by molar-refractivity contribution is 8.00. The van der Waals surface area contributed by atoms with E-state index in [0.717, 1.165) is 26.0 Å². The average Bonchev–Trinajstić information content (AvgIpc) is 2.84. The smallest absolute Gasteiger partial charge is 0.174 e. The number of pyridine rings is 1. The molecule has 0 aliphatic heterocycles. The lowest BCUT2D eigenvalue weighted by molar-refractivity contribution is 0.480. The Balaban J connectivity index is 1.91. The zero-order valence-corrected chi connectivity index (χ0v) is 11.8. The molecule has 0 aliphatic carbocycles. The Morgan fingerprint density at radius 3 is 2.95 bits per heavy atom. The standard InChI is InChI=1S/C13H11N3OS2/c1-8-15-16-13(19-8)18-7-9-4-5-11(17)12-10(9)3-2-6-14-12/h2-6,17H,7H2,1H3. The van der Waals surface area contributed by atoms with E-state index in [1.165, 1.54) is 0 Å². The van der Waals surface area contributed by atoms with Gasteiger partial charge in [0.2, 0.25) is 0 Å². The fourth-order valence-corrected chi connectivity index (χ4v) is 3.64. The molecule has 0 saturated carbocycles. The summed E-state index contributed by atoms with van der Waals surface area (Å²) in [5.74, 6) is 1.01. The predicted molar refractivity (Wildman–Crippen MR) is 77.6 cm³/mol. The molecular formula is C13H11N3OS2. The van der Waals surface area contributed by atoms with Crippen molar-refractivity contribution in [2.24, 2.45) is 0 Å². The number of aryl methyl sites for hydroxylation is 1. The molecule has 6 heteroatoms. The molecule has 2 aromatic heterocycles. The van der Waals surface area contributed by atoms with Gasteiger partial charge in [0.05, 0.1) is 0 Å². The third kappa shape index (κ3) is 2.54. The van der Waals surface area contributed by atoms with Crippen molar-refractivity contribution in [3.05, 3.63) is 41.0 Å². The van der Waals surface area contributed by atoms with Crippen LogP contribution >= 0.6 is 23.1 Å². The van der Waals surface area contributed by atoms with E-state index in [1.807, 2.05) is 25.1 Å². The van der Waals surface area contributed by atoms with Crippen molar-refractivity contribution in [3.8, 4) is 5.75 Å². The van der Waals surface area contributed by atoms with Crippen LogP contribution in [0.5, 0.6) is 5.75 Å². The number of hydrogen-bond donors (Lipinski definition) is 1. The first-order valence-electron chi connectivity index (χ1n) is 5.72. The SMILES string of the molecule is Cc1nnc(SCc2ccc(O)c3ncccc23)s1. The minimum absolute atomic E-state index is 0.219. The van der Waals surface area contributed by atoms with Crippen LogP contribution in [-0.2, 0) is 5.75 Å². The molecule has 19 heavy (non-hydrogen) atoms. The largest absolute Gasteiger partial charge is 0.506 e. The van der Waals surface area contributed by atoms with Gasteiger partial charge < -0.3 is 5.11 Å². The van der Waals surface area contributed by atoms with Crippen LogP contribution in [0.4, 0.5) is 0 Å². The molecule has 0 aliphatic rings. The normalized spacial score (nSPS) is 11.0. The van der Waals surface area contributed by atoms with E-state index < -0.39 is 0 Å². The summed E-state index contributed by atoms with van der Waals surface area (Å²) in [5.41, 5.74) is 1.78. The number of aromatic nitrogens is 3. The van der Waals surface area contributed by atoms with E-state index in [2.05, 4.69) is 15.2 Å². The van der Waals surface area contributed by atoms with Crippen LogP contribution in [-0.4, -0.2) is 20.3 Å². The van der Waals surface area contributed by atoms with Gasteiger partial charge in [0.1, 0.15) is 16.3 Å². The number of phenols is 1. The Kier molecular flexibility index (Phi) is 3.35. The van der Waals surface area contributed by atoms with Gasteiger partial charge in [-0.1, -0.05) is 35.2 Å². The summed E-state index contributed by atoms with van der Waals surface area (Å²) in [4.78, 5) is 4.22. The number of nitrogens with zero attached hydrogens (tertiary/aromatic N) is 3. The molecule has 4 nitrogen and oxygen atoms in total. The highest BCUT2D eigenvalue weighted by atomic mass is 32.2. The Labute approximate surface area is 118 Å². The second kappa shape index (κ2) is 5.14. The number of thioether (sulfide) groups is 1. The highest BCUT2D eigenvalue weighted by Gasteiger charge is 2.08. The molecule has 0 unspecified atom stereocenters. The van der Waals surface area contributed by atoms with Crippen LogP contribution in [0, 0.1) is 6.92 Å². The topological polar surface area (TPSA) is 58.9 Å². The second-order valence-electron chi connectivity index (χ2n) is 4.02. The lowest BCUT2D eigenvalue weighted by Gasteiger charge is -2.06. The monoisotopic (exact) mass is 289 g/mol. The van der Waals surface area contributed by atoms with E-state index in [1.54, 1.807) is 35.4 Å². The van der Waals surface area contributed by atoms with Gasteiger partial charge in [0.15, 0.2) is 4.34 Å². The number of phenolic OH excluding ortho intramolecular Hbond substituents is 1. The van der Waals surface area contributed by atoms with Crippen LogP contribution in [0.15, 0.2) is 34.8 Å². The Morgan fingerprint density at radius 1 is 1.26 bits per heavy atom. The molecule has 0 saturated heterocycles. The molecule has 1 aromatic carbocycles. The fourth-order valence-electron chi connectivity index (χ4n) is 1.82. The molecule has 0 spiro atoms. The van der Waals surface area contributed by atoms with Crippen molar-refractivity contribution >= 4 is 34.0 Å². The zero-order valence-electron chi connectivity index (χ0n) is 10.2. The molecule has 0 radical (unpaired) electrons. The minimum Gasteiger partial charge on any atom is -0.506 e. The lowest BCUT2D eigenvalue weighted by atomic mass is 10.1. The van der Waals surface area contributed by atoms with E-state index in [4.69, 9.17) is 0 Å². The van der Waals surface area contributed by atoms with Gasteiger partial charge in [-0.2, -0.15) is 0 Å². The van der Waals surface area contributed by atoms with E-state index in [9.17, 15) is 5.11 Å². The predicted octanol–water partition coefficient (Wildman–Crippen LogP) is 3.39.